The first-order valence-electron chi connectivity index (χ1n) is 8.32. The van der Waals surface area contributed by atoms with Crippen LogP contribution in [0.1, 0.15) is 30.9 Å². The average Bonchev–Trinajstić information content (AvgIpc) is 2.61. The van der Waals surface area contributed by atoms with Gasteiger partial charge < -0.3 is 14.6 Å². The minimum Gasteiger partial charge on any atom is -0.493 e. The molecular weight excluding hydrogens is 361 g/mol. The number of hydrogen-bond acceptors (Lipinski definition) is 3. The van der Waals surface area contributed by atoms with E-state index in [9.17, 15) is 18.0 Å². The van der Waals surface area contributed by atoms with Crippen molar-refractivity contribution in [3.63, 3.8) is 0 Å². The number of ether oxygens (including phenoxy) is 2. The largest absolute Gasteiger partial charge is 0.493 e. The summed E-state index contributed by atoms with van der Waals surface area (Å²) in [5.41, 5.74) is -0.409. The van der Waals surface area contributed by atoms with Crippen LogP contribution in [-0.4, -0.2) is 17.7 Å². The Morgan fingerprint density at radius 3 is 2.41 bits per heavy atom. The molecule has 0 saturated carbocycles. The Morgan fingerprint density at radius 1 is 1.15 bits per heavy atom. The number of alkyl halides is 2. The number of rotatable bonds is 9. The van der Waals surface area contributed by atoms with E-state index in [0.29, 0.717) is 12.2 Å². The van der Waals surface area contributed by atoms with Crippen molar-refractivity contribution in [3.8, 4) is 11.5 Å². The Labute approximate surface area is 154 Å². The molecule has 0 bridgehead atoms. The van der Waals surface area contributed by atoms with Gasteiger partial charge in [-0.1, -0.05) is 25.5 Å². The lowest BCUT2D eigenvalue weighted by atomic mass is 10.1. The molecule has 2 rings (SSSR count). The molecule has 0 fully saturated rings. The van der Waals surface area contributed by atoms with Crippen LogP contribution in [0.4, 0.5) is 13.2 Å². The summed E-state index contributed by atoms with van der Waals surface area (Å²) in [4.78, 5) is 10.5. The Kier molecular flexibility index (Phi) is 6.87. The molecule has 0 unspecified atom stereocenters. The van der Waals surface area contributed by atoms with Crippen LogP contribution in [0.5, 0.6) is 11.5 Å². The average molecular weight is 380 g/mol. The highest BCUT2D eigenvalue weighted by atomic mass is 19.3. The number of hydrogen-bond donors (Lipinski definition) is 1. The van der Waals surface area contributed by atoms with E-state index >= 15 is 0 Å². The summed E-state index contributed by atoms with van der Waals surface area (Å²) in [7, 11) is 0. The zero-order valence-electron chi connectivity index (χ0n) is 14.6. The molecule has 27 heavy (non-hydrogen) atoms. The van der Waals surface area contributed by atoms with Crippen LogP contribution in [0, 0.1) is 5.82 Å². The van der Waals surface area contributed by atoms with Gasteiger partial charge in [0.05, 0.1) is 6.61 Å². The van der Waals surface area contributed by atoms with Crippen molar-refractivity contribution in [1.29, 1.82) is 0 Å². The van der Waals surface area contributed by atoms with Crippen molar-refractivity contribution in [2.24, 2.45) is 0 Å². The van der Waals surface area contributed by atoms with Crippen LogP contribution in [0.15, 0.2) is 48.5 Å². The second-order valence-corrected chi connectivity index (χ2v) is 5.70. The van der Waals surface area contributed by atoms with Crippen LogP contribution >= 0.6 is 0 Å². The number of carboxylic acids is 1. The molecule has 0 amide bonds. The van der Waals surface area contributed by atoms with Gasteiger partial charge in [0.1, 0.15) is 22.9 Å². The van der Waals surface area contributed by atoms with Crippen molar-refractivity contribution >= 4 is 12.0 Å². The fraction of sp³-hybridized carbons (Fsp3) is 0.250. The van der Waals surface area contributed by atoms with Crippen LogP contribution in [0.2, 0.25) is 0 Å². The molecule has 1 N–H and O–H groups in total. The predicted molar refractivity (Wildman–Crippen MR) is 94.4 cm³/mol. The molecule has 0 saturated heterocycles. The van der Waals surface area contributed by atoms with Gasteiger partial charge in [0.2, 0.25) is 0 Å². The summed E-state index contributed by atoms with van der Waals surface area (Å²) in [5, 5.41) is 8.56. The van der Waals surface area contributed by atoms with Gasteiger partial charge >= 0.3 is 12.1 Å². The molecule has 7 heteroatoms. The zero-order valence-corrected chi connectivity index (χ0v) is 14.6. The first-order valence-corrected chi connectivity index (χ1v) is 8.32. The maximum Gasteiger partial charge on any atom is 0.429 e. The van der Waals surface area contributed by atoms with Crippen LogP contribution < -0.4 is 9.47 Å². The molecule has 0 aliphatic rings. The van der Waals surface area contributed by atoms with Gasteiger partial charge in [-0.05, 0) is 42.3 Å². The Balaban J connectivity index is 2.10. The number of benzene rings is 2. The van der Waals surface area contributed by atoms with E-state index in [0.717, 1.165) is 31.1 Å². The highest BCUT2D eigenvalue weighted by Crippen LogP contribution is 2.34. The van der Waals surface area contributed by atoms with Gasteiger partial charge in [-0.15, -0.1) is 0 Å². The van der Waals surface area contributed by atoms with E-state index in [2.05, 4.69) is 4.74 Å². The lowest BCUT2D eigenvalue weighted by Gasteiger charge is -2.19. The third kappa shape index (κ3) is 6.06. The Morgan fingerprint density at radius 2 is 1.81 bits per heavy atom. The van der Waals surface area contributed by atoms with Crippen LogP contribution in [0.25, 0.3) is 6.08 Å². The fourth-order valence-electron chi connectivity index (χ4n) is 2.17. The number of aliphatic carboxylic acids is 1. The van der Waals surface area contributed by atoms with E-state index in [1.54, 1.807) is 0 Å². The van der Waals surface area contributed by atoms with Crippen LogP contribution in [-0.2, 0) is 10.9 Å². The Bertz CT molecular complexity index is 801. The smallest absolute Gasteiger partial charge is 0.429 e. The molecule has 0 aliphatic heterocycles. The predicted octanol–water partition coefficient (Wildman–Crippen LogP) is 5.23. The topological polar surface area (TPSA) is 55.8 Å². The first kappa shape index (κ1) is 20.4. The molecule has 0 radical (unpaired) electrons. The molecule has 2 aromatic rings. The lowest BCUT2D eigenvalue weighted by molar-refractivity contribution is -0.187. The lowest BCUT2D eigenvalue weighted by Crippen LogP contribution is -2.23. The molecule has 4 nitrogen and oxygen atoms in total. The van der Waals surface area contributed by atoms with Gasteiger partial charge in [-0.25, -0.2) is 9.18 Å². The second kappa shape index (κ2) is 9.12. The molecule has 144 valence electrons. The molecule has 0 aliphatic carbocycles. The highest BCUT2D eigenvalue weighted by Gasteiger charge is 2.37. The maximum absolute atomic E-state index is 14.3. The molecule has 0 atom stereocenters. The number of carbonyl (C=O) groups is 1. The molecule has 2 aromatic carbocycles. The normalized spacial score (nSPS) is 11.6. The maximum atomic E-state index is 14.3. The monoisotopic (exact) mass is 380 g/mol. The van der Waals surface area contributed by atoms with E-state index in [1.807, 2.05) is 6.92 Å². The number of carboxylic acid groups (broad SMARTS) is 1. The molecule has 0 spiro atoms. The second-order valence-electron chi connectivity index (χ2n) is 5.70. The van der Waals surface area contributed by atoms with Gasteiger partial charge in [0, 0.05) is 12.1 Å². The van der Waals surface area contributed by atoms with Crippen molar-refractivity contribution < 1.29 is 32.5 Å². The van der Waals surface area contributed by atoms with Gasteiger partial charge in [-0.3, -0.25) is 0 Å². The molecule has 0 heterocycles. The summed E-state index contributed by atoms with van der Waals surface area (Å²) in [6.45, 7) is 2.35. The van der Waals surface area contributed by atoms with Crippen molar-refractivity contribution in [3.05, 3.63) is 65.5 Å². The minimum absolute atomic E-state index is 0.176. The summed E-state index contributed by atoms with van der Waals surface area (Å²) >= 11 is 0. The summed E-state index contributed by atoms with van der Waals surface area (Å²) in [5.74, 6) is -2.26. The zero-order chi connectivity index (χ0) is 19.9. The van der Waals surface area contributed by atoms with Gasteiger partial charge in [-0.2, -0.15) is 8.78 Å². The summed E-state index contributed by atoms with van der Waals surface area (Å²) in [6.07, 6.45) is 0.0211. The minimum atomic E-state index is -3.88. The Hall–Kier alpha value is -2.96. The third-order valence-electron chi connectivity index (χ3n) is 3.57. The van der Waals surface area contributed by atoms with E-state index in [-0.39, 0.29) is 11.5 Å². The highest BCUT2D eigenvalue weighted by molar-refractivity contribution is 5.85. The van der Waals surface area contributed by atoms with E-state index < -0.39 is 23.5 Å². The molecule has 0 aromatic heterocycles. The van der Waals surface area contributed by atoms with Crippen molar-refractivity contribution in [1.82, 2.24) is 0 Å². The number of unbranched alkanes of at least 4 members (excludes halogenated alkanes) is 1. The van der Waals surface area contributed by atoms with Crippen molar-refractivity contribution in [2.45, 2.75) is 25.9 Å². The molecular formula is C20H19F3O4. The summed E-state index contributed by atoms with van der Waals surface area (Å²) in [6, 6.07) is 8.41. The van der Waals surface area contributed by atoms with Crippen molar-refractivity contribution in [2.75, 3.05) is 6.61 Å². The van der Waals surface area contributed by atoms with Crippen LogP contribution in [0.3, 0.4) is 0 Å². The van der Waals surface area contributed by atoms with E-state index in [4.69, 9.17) is 9.84 Å². The van der Waals surface area contributed by atoms with E-state index in [1.165, 1.54) is 36.4 Å². The summed E-state index contributed by atoms with van der Waals surface area (Å²) < 4.78 is 52.6. The van der Waals surface area contributed by atoms with Gasteiger partial charge in [0.25, 0.3) is 0 Å². The fourth-order valence-corrected chi connectivity index (χ4v) is 2.17. The SMILES string of the molecule is CCCCOc1ccc(C(F)(F)Oc2ccc(C=CC(=O)O)cc2)c(F)c1. The first-order chi connectivity index (χ1) is 12.8. The van der Waals surface area contributed by atoms with Gasteiger partial charge in [0.15, 0.2) is 0 Å². The third-order valence-corrected chi connectivity index (χ3v) is 3.57. The number of halogens is 3. The standard InChI is InChI=1S/C20H19F3O4/c1-2-3-12-26-16-9-10-17(18(21)13-16)20(22,23)27-15-7-4-14(5-8-15)6-11-19(24)25/h4-11,13H,2-3,12H2,1H3,(H,24,25). The quantitative estimate of drug-likeness (QED) is 0.478.